The van der Waals surface area contributed by atoms with E-state index in [1.807, 2.05) is 6.07 Å². The van der Waals surface area contributed by atoms with Crippen LogP contribution in [0.3, 0.4) is 0 Å². The van der Waals surface area contributed by atoms with Gasteiger partial charge in [-0.05, 0) is 17.7 Å². The highest BCUT2D eigenvalue weighted by Gasteiger charge is 2.20. The molecule has 0 unspecified atom stereocenters. The van der Waals surface area contributed by atoms with Crippen molar-refractivity contribution in [3.05, 3.63) is 23.8 Å². The van der Waals surface area contributed by atoms with E-state index in [4.69, 9.17) is 5.26 Å². The van der Waals surface area contributed by atoms with Crippen LogP contribution in [0.4, 0.5) is 0 Å². The third-order valence-corrected chi connectivity index (χ3v) is 4.51. The molecule has 0 amide bonds. The van der Waals surface area contributed by atoms with Crippen LogP contribution in [0.5, 0.6) is 0 Å². The number of rotatable bonds is 3. The van der Waals surface area contributed by atoms with E-state index in [0.717, 1.165) is 12.5 Å². The fourth-order valence-electron chi connectivity index (χ4n) is 1.35. The molecule has 0 atom stereocenters. The van der Waals surface area contributed by atoms with Gasteiger partial charge in [0.1, 0.15) is 0 Å². The predicted octanol–water partition coefficient (Wildman–Crippen LogP) is 0.560. The molecule has 17 heavy (non-hydrogen) atoms. The van der Waals surface area contributed by atoms with Crippen molar-refractivity contribution < 1.29 is 16.8 Å². The number of hydrogen-bond donors (Lipinski definition) is 0. The molecule has 0 saturated heterocycles. The normalized spacial score (nSPS) is 12.1. The molecule has 0 heterocycles. The largest absolute Gasteiger partial charge is 0.224 e. The molecule has 0 aliphatic carbocycles. The number of nitriles is 1. The number of hydrogen-bond acceptors (Lipinski definition) is 5. The fourth-order valence-corrected chi connectivity index (χ4v) is 3.80. The second-order valence-electron chi connectivity index (χ2n) is 3.66. The summed E-state index contributed by atoms with van der Waals surface area (Å²) in [4.78, 5) is -0.491. The summed E-state index contributed by atoms with van der Waals surface area (Å²) >= 11 is 0. The first-order chi connectivity index (χ1) is 7.66. The SMILES string of the molecule is CS(=O)(=O)c1ccc(CC#N)cc1S(C)(=O)=O. The first-order valence-electron chi connectivity index (χ1n) is 4.56. The minimum absolute atomic E-state index is 0.0343. The Kier molecular flexibility index (Phi) is 3.59. The third kappa shape index (κ3) is 3.28. The zero-order valence-electron chi connectivity index (χ0n) is 9.34. The summed E-state index contributed by atoms with van der Waals surface area (Å²) in [5.74, 6) is 0. The molecule has 0 saturated carbocycles. The summed E-state index contributed by atoms with van der Waals surface area (Å²) in [6, 6.07) is 5.77. The van der Waals surface area contributed by atoms with Gasteiger partial charge >= 0.3 is 0 Å². The Morgan fingerprint density at radius 2 is 1.59 bits per heavy atom. The maximum absolute atomic E-state index is 11.5. The molecule has 0 spiro atoms. The van der Waals surface area contributed by atoms with E-state index < -0.39 is 19.7 Å². The van der Waals surface area contributed by atoms with E-state index in [1.165, 1.54) is 18.2 Å². The minimum atomic E-state index is -3.65. The maximum Gasteiger partial charge on any atom is 0.176 e. The Hall–Kier alpha value is -1.39. The van der Waals surface area contributed by atoms with Crippen molar-refractivity contribution in [1.82, 2.24) is 0 Å². The first-order valence-corrected chi connectivity index (χ1v) is 8.34. The maximum atomic E-state index is 11.5. The van der Waals surface area contributed by atoms with Gasteiger partial charge in [0.05, 0.1) is 22.3 Å². The lowest BCUT2D eigenvalue weighted by Gasteiger charge is -2.07. The average molecular weight is 273 g/mol. The number of benzene rings is 1. The summed E-state index contributed by atoms with van der Waals surface area (Å²) in [6.07, 6.45) is 1.92. The van der Waals surface area contributed by atoms with E-state index in [9.17, 15) is 16.8 Å². The van der Waals surface area contributed by atoms with Gasteiger partial charge in [0, 0.05) is 12.5 Å². The van der Waals surface area contributed by atoms with Gasteiger partial charge < -0.3 is 0 Å². The van der Waals surface area contributed by atoms with Crippen molar-refractivity contribution in [1.29, 1.82) is 5.26 Å². The van der Waals surface area contributed by atoms with Gasteiger partial charge in [0.15, 0.2) is 19.7 Å². The topological polar surface area (TPSA) is 92.1 Å². The van der Waals surface area contributed by atoms with E-state index >= 15 is 0 Å². The lowest BCUT2D eigenvalue weighted by atomic mass is 10.2. The molecular weight excluding hydrogens is 262 g/mol. The molecule has 0 aliphatic rings. The number of nitrogens with zero attached hydrogens (tertiary/aromatic N) is 1. The lowest BCUT2D eigenvalue weighted by Crippen LogP contribution is -2.08. The van der Waals surface area contributed by atoms with Crippen molar-refractivity contribution >= 4 is 19.7 Å². The zero-order valence-corrected chi connectivity index (χ0v) is 11.0. The fraction of sp³-hybridized carbons (Fsp3) is 0.300. The van der Waals surface area contributed by atoms with Crippen molar-refractivity contribution in [2.24, 2.45) is 0 Å². The summed E-state index contributed by atoms with van der Waals surface area (Å²) in [6.45, 7) is 0. The van der Waals surface area contributed by atoms with E-state index in [0.29, 0.717) is 5.56 Å². The molecule has 5 nitrogen and oxygen atoms in total. The summed E-state index contributed by atoms with van der Waals surface area (Å²) < 4.78 is 45.9. The molecular formula is C10H11NO4S2. The third-order valence-electron chi connectivity index (χ3n) is 2.09. The molecule has 0 radical (unpaired) electrons. The summed E-state index contributed by atoms with van der Waals surface area (Å²) in [7, 11) is -7.26. The van der Waals surface area contributed by atoms with Crippen LogP contribution in [-0.2, 0) is 26.1 Å². The predicted molar refractivity (Wildman–Crippen MR) is 62.0 cm³/mol. The molecule has 1 aromatic carbocycles. The van der Waals surface area contributed by atoms with Crippen LogP contribution in [0, 0.1) is 11.3 Å². The standard InChI is InChI=1S/C10H11NO4S2/c1-16(12,13)9-4-3-8(5-6-11)7-10(9)17(2,14)15/h3-4,7H,5H2,1-2H3. The second-order valence-corrected chi connectivity index (χ2v) is 7.63. The quantitative estimate of drug-likeness (QED) is 0.802. The van der Waals surface area contributed by atoms with Crippen LogP contribution in [0.25, 0.3) is 0 Å². The van der Waals surface area contributed by atoms with Gasteiger partial charge in [-0.25, -0.2) is 16.8 Å². The smallest absolute Gasteiger partial charge is 0.176 e. The Morgan fingerprint density at radius 3 is 2.00 bits per heavy atom. The van der Waals surface area contributed by atoms with Gasteiger partial charge in [-0.15, -0.1) is 0 Å². The monoisotopic (exact) mass is 273 g/mol. The molecule has 0 N–H and O–H groups in total. The Morgan fingerprint density at radius 1 is 1.06 bits per heavy atom. The molecule has 1 rings (SSSR count). The van der Waals surface area contributed by atoms with Crippen LogP contribution in [-0.4, -0.2) is 29.3 Å². The molecule has 0 aliphatic heterocycles. The molecule has 92 valence electrons. The minimum Gasteiger partial charge on any atom is -0.224 e. The van der Waals surface area contributed by atoms with Crippen molar-refractivity contribution in [2.45, 2.75) is 16.2 Å². The van der Waals surface area contributed by atoms with E-state index in [1.54, 1.807) is 0 Å². The van der Waals surface area contributed by atoms with Crippen LogP contribution < -0.4 is 0 Å². The van der Waals surface area contributed by atoms with E-state index in [-0.39, 0.29) is 16.2 Å². The molecule has 1 aromatic rings. The highest BCUT2D eigenvalue weighted by molar-refractivity contribution is 7.93. The van der Waals surface area contributed by atoms with Crippen molar-refractivity contribution in [3.8, 4) is 6.07 Å². The summed E-state index contributed by atoms with van der Waals surface area (Å²) in [5.41, 5.74) is 0.473. The van der Waals surface area contributed by atoms with Crippen LogP contribution in [0.1, 0.15) is 5.56 Å². The van der Waals surface area contributed by atoms with Gasteiger partial charge in [-0.1, -0.05) is 6.07 Å². The van der Waals surface area contributed by atoms with Crippen LogP contribution >= 0.6 is 0 Å². The zero-order chi connectivity index (χ0) is 13.3. The van der Waals surface area contributed by atoms with Crippen molar-refractivity contribution in [2.75, 3.05) is 12.5 Å². The Bertz CT molecular complexity index is 682. The Labute approximate surface area is 101 Å². The molecule has 0 aromatic heterocycles. The van der Waals surface area contributed by atoms with E-state index in [2.05, 4.69) is 0 Å². The number of sulfone groups is 2. The van der Waals surface area contributed by atoms with Gasteiger partial charge in [-0.2, -0.15) is 5.26 Å². The first kappa shape index (κ1) is 13.7. The highest BCUT2D eigenvalue weighted by atomic mass is 32.2. The van der Waals surface area contributed by atoms with Gasteiger partial charge in [0.2, 0.25) is 0 Å². The summed E-state index contributed by atoms with van der Waals surface area (Å²) in [5, 5.41) is 8.52. The highest BCUT2D eigenvalue weighted by Crippen LogP contribution is 2.22. The van der Waals surface area contributed by atoms with Crippen LogP contribution in [0.15, 0.2) is 28.0 Å². The van der Waals surface area contributed by atoms with Crippen molar-refractivity contribution in [3.63, 3.8) is 0 Å². The lowest BCUT2D eigenvalue weighted by molar-refractivity contribution is 0.588. The van der Waals surface area contributed by atoms with Crippen LogP contribution in [0.2, 0.25) is 0 Å². The Balaban J connectivity index is 3.62. The van der Waals surface area contributed by atoms with Gasteiger partial charge in [0.25, 0.3) is 0 Å². The average Bonchev–Trinajstić information content (AvgIpc) is 2.15. The molecule has 7 heteroatoms. The second kappa shape index (κ2) is 4.47. The van der Waals surface area contributed by atoms with Gasteiger partial charge in [-0.3, -0.25) is 0 Å². The molecule has 0 bridgehead atoms. The molecule has 0 fully saturated rings.